The number of ketones is 1. The van der Waals surface area contributed by atoms with Crippen molar-refractivity contribution in [2.24, 2.45) is 40.2 Å². The topological polar surface area (TPSA) is 197 Å². The lowest BCUT2D eigenvalue weighted by molar-refractivity contribution is -0.140. The van der Waals surface area contributed by atoms with Crippen LogP contribution in [0.1, 0.15) is 125 Å². The first kappa shape index (κ1) is 46.9. The lowest BCUT2D eigenvalue weighted by Gasteiger charge is -2.38. The van der Waals surface area contributed by atoms with Crippen LogP contribution in [0, 0.1) is 34.5 Å². The van der Waals surface area contributed by atoms with Gasteiger partial charge in [-0.15, -0.1) is 0 Å². The molecule has 0 saturated carbocycles. The van der Waals surface area contributed by atoms with E-state index in [1.165, 1.54) is 4.90 Å². The van der Waals surface area contributed by atoms with Crippen molar-refractivity contribution in [1.82, 2.24) is 20.4 Å². The summed E-state index contributed by atoms with van der Waals surface area (Å²) in [5, 5.41) is 8.26. The van der Waals surface area contributed by atoms with Gasteiger partial charge in [-0.25, -0.2) is 9.59 Å². The Kier molecular flexibility index (Phi) is 17.5. The fourth-order valence-electron chi connectivity index (χ4n) is 7.54. The number of carbonyl (C=O) groups excluding carboxylic acids is 7. The number of nitrogens with zero attached hydrogens (tertiary/aromatic N) is 2. The van der Waals surface area contributed by atoms with Crippen LogP contribution in [-0.2, 0) is 35.3 Å². The number of amides is 7. The van der Waals surface area contributed by atoms with Crippen LogP contribution in [0.15, 0.2) is 24.3 Å². The second kappa shape index (κ2) is 21.3. The molecule has 2 aliphatic heterocycles. The van der Waals surface area contributed by atoms with Crippen LogP contribution in [0.2, 0.25) is 0 Å². The monoisotopic (exact) mass is 797 g/mol. The number of rotatable bonds is 19. The molecule has 7 amide bonds. The number of benzene rings is 1. The second-order valence-corrected chi connectivity index (χ2v) is 18.3. The minimum absolute atomic E-state index is 0.0945. The Morgan fingerprint density at radius 3 is 2.11 bits per heavy atom. The second-order valence-electron chi connectivity index (χ2n) is 18.3. The lowest BCUT2D eigenvalue weighted by Crippen LogP contribution is -2.45. The van der Waals surface area contributed by atoms with Gasteiger partial charge in [0.05, 0.1) is 12.0 Å². The highest BCUT2D eigenvalue weighted by Gasteiger charge is 2.44. The van der Waals surface area contributed by atoms with Crippen molar-refractivity contribution in [1.29, 1.82) is 0 Å². The van der Waals surface area contributed by atoms with Crippen LogP contribution in [0.4, 0.5) is 15.3 Å². The van der Waals surface area contributed by atoms with Gasteiger partial charge in [-0.05, 0) is 78.9 Å². The normalized spacial score (nSPS) is 17.7. The Morgan fingerprint density at radius 1 is 0.895 bits per heavy atom. The van der Waals surface area contributed by atoms with Crippen LogP contribution in [0.5, 0.6) is 0 Å². The van der Waals surface area contributed by atoms with E-state index in [2.05, 4.69) is 36.7 Å². The summed E-state index contributed by atoms with van der Waals surface area (Å²) in [6.07, 6.45) is 4.27. The summed E-state index contributed by atoms with van der Waals surface area (Å²) in [6, 6.07) is 5.47. The fraction of sp³-hybridized carbons (Fsp3) is 0.698. The number of ether oxygens (including phenoxy) is 1. The van der Waals surface area contributed by atoms with Gasteiger partial charge in [0.2, 0.25) is 23.6 Å². The summed E-state index contributed by atoms with van der Waals surface area (Å²) in [6.45, 7) is 18.2. The molecule has 0 aromatic heterocycles. The minimum Gasteiger partial charge on any atom is -0.445 e. The summed E-state index contributed by atoms with van der Waals surface area (Å²) in [5.41, 5.74) is 6.40. The summed E-state index contributed by atoms with van der Waals surface area (Å²) >= 11 is 0. The number of urea groups is 1. The molecule has 5 N–H and O–H groups in total. The third-order valence-corrected chi connectivity index (χ3v) is 11.3. The van der Waals surface area contributed by atoms with Crippen LogP contribution >= 0.6 is 0 Å². The quantitative estimate of drug-likeness (QED) is 0.0942. The average Bonchev–Trinajstić information content (AvgIpc) is 3.43. The summed E-state index contributed by atoms with van der Waals surface area (Å²) in [7, 11) is 0. The molecule has 0 bridgehead atoms. The Labute approximate surface area is 339 Å². The van der Waals surface area contributed by atoms with Crippen LogP contribution in [0.25, 0.3) is 0 Å². The van der Waals surface area contributed by atoms with Gasteiger partial charge in [-0.1, -0.05) is 73.9 Å². The van der Waals surface area contributed by atoms with Gasteiger partial charge in [-0.2, -0.15) is 0 Å². The van der Waals surface area contributed by atoms with Gasteiger partial charge in [0.1, 0.15) is 6.61 Å². The van der Waals surface area contributed by atoms with Gasteiger partial charge in [-0.3, -0.25) is 28.9 Å². The largest absolute Gasteiger partial charge is 0.445 e. The number of nitrogens with one attached hydrogen (secondary N) is 3. The summed E-state index contributed by atoms with van der Waals surface area (Å²) < 4.78 is 5.57. The first-order chi connectivity index (χ1) is 26.7. The highest BCUT2D eigenvalue weighted by molar-refractivity contribution is 6.04. The Bertz CT molecular complexity index is 1560. The zero-order chi connectivity index (χ0) is 42.5. The Balaban J connectivity index is 1.51. The molecule has 3 atom stereocenters. The van der Waals surface area contributed by atoms with Gasteiger partial charge < -0.3 is 31.3 Å². The molecule has 1 aromatic rings. The first-order valence-corrected chi connectivity index (χ1v) is 20.7. The van der Waals surface area contributed by atoms with E-state index in [9.17, 15) is 33.6 Å². The number of Topliss-reactive ketones (excluding diaryl/α,β-unsaturated/α-hetero) is 1. The number of primary amides is 1. The van der Waals surface area contributed by atoms with Gasteiger partial charge in [0, 0.05) is 57.0 Å². The van der Waals surface area contributed by atoms with E-state index >= 15 is 0 Å². The molecule has 0 radical (unpaired) electrons. The zero-order valence-electron chi connectivity index (χ0n) is 35.5. The van der Waals surface area contributed by atoms with Crippen molar-refractivity contribution in [3.63, 3.8) is 0 Å². The van der Waals surface area contributed by atoms with Crippen LogP contribution in [-0.4, -0.2) is 83.6 Å². The smallest absolute Gasteiger partial charge is 0.410 e. The van der Waals surface area contributed by atoms with Crippen molar-refractivity contribution >= 4 is 47.2 Å². The molecule has 2 saturated heterocycles. The van der Waals surface area contributed by atoms with Crippen molar-refractivity contribution in [2.45, 2.75) is 132 Å². The van der Waals surface area contributed by atoms with Crippen molar-refractivity contribution in [2.75, 3.05) is 31.5 Å². The van der Waals surface area contributed by atoms with E-state index < -0.39 is 18.0 Å². The minimum atomic E-state index is -0.808. The number of carbonyl (C=O) groups is 7. The number of hydrogen-bond donors (Lipinski definition) is 4. The molecule has 0 aliphatic carbocycles. The van der Waals surface area contributed by atoms with Gasteiger partial charge >= 0.3 is 12.1 Å². The Hall–Kier alpha value is -4.49. The van der Waals surface area contributed by atoms with Gasteiger partial charge in [0.25, 0.3) is 0 Å². The number of piperidine rings is 1. The molecule has 2 aliphatic rings. The number of unbranched alkanes of at least 4 members (excludes halogenated alkanes) is 2. The molecular formula is C43H68N6O8. The van der Waals surface area contributed by atoms with Crippen LogP contribution in [0.3, 0.4) is 0 Å². The van der Waals surface area contributed by atoms with Crippen molar-refractivity contribution in [3.05, 3.63) is 29.8 Å². The predicted molar refractivity (Wildman–Crippen MR) is 218 cm³/mol. The fourth-order valence-corrected chi connectivity index (χ4v) is 7.54. The van der Waals surface area contributed by atoms with E-state index in [-0.39, 0.29) is 97.0 Å². The summed E-state index contributed by atoms with van der Waals surface area (Å²) in [4.78, 5) is 92.4. The van der Waals surface area contributed by atoms with E-state index in [0.29, 0.717) is 56.9 Å². The third kappa shape index (κ3) is 15.1. The number of anilines is 1. The lowest BCUT2D eigenvalue weighted by atomic mass is 9.75. The average molecular weight is 797 g/mol. The molecule has 0 spiro atoms. The molecule has 2 heterocycles. The molecule has 1 unspecified atom stereocenters. The number of likely N-dealkylation sites (tertiary alicyclic amines) is 2. The SMILES string of the molecule is CC(C)[C@H](NC(=O)CCCCCN1C(=O)CC(C(C)(C)C)C1=O)C(=O)C[C@@H](CCCNC(N)=O)C(=O)Nc1ccc(COC(=O)N2CCC(C(C)(C)C)CC2)cc1. The molecular weight excluding hydrogens is 729 g/mol. The first-order valence-electron chi connectivity index (χ1n) is 20.7. The molecule has 57 heavy (non-hydrogen) atoms. The maximum Gasteiger partial charge on any atom is 0.410 e. The molecule has 14 nitrogen and oxygen atoms in total. The third-order valence-electron chi connectivity index (χ3n) is 11.3. The highest BCUT2D eigenvalue weighted by Crippen LogP contribution is 2.36. The highest BCUT2D eigenvalue weighted by atomic mass is 16.6. The van der Waals surface area contributed by atoms with E-state index in [0.717, 1.165) is 18.4 Å². The number of imide groups is 1. The summed E-state index contributed by atoms with van der Waals surface area (Å²) in [5.74, 6) is -1.96. The number of hydrogen-bond acceptors (Lipinski definition) is 8. The van der Waals surface area contributed by atoms with Crippen molar-refractivity contribution < 1.29 is 38.3 Å². The van der Waals surface area contributed by atoms with E-state index in [1.807, 2.05) is 34.6 Å². The molecule has 3 rings (SSSR count). The van der Waals surface area contributed by atoms with E-state index in [1.54, 1.807) is 29.2 Å². The van der Waals surface area contributed by atoms with Crippen LogP contribution < -0.4 is 21.7 Å². The zero-order valence-corrected chi connectivity index (χ0v) is 35.5. The van der Waals surface area contributed by atoms with Crippen molar-refractivity contribution in [3.8, 4) is 0 Å². The predicted octanol–water partition coefficient (Wildman–Crippen LogP) is 6.17. The van der Waals surface area contributed by atoms with E-state index in [4.69, 9.17) is 10.5 Å². The molecule has 318 valence electrons. The standard InChI is InChI=1S/C43H68N6O8/c1-28(2)37(47-35(51)14-10-9-11-22-49-36(52)26-33(39(49)54)43(6,7)8)34(50)25-30(13-12-21-45-40(44)55)38(53)46-32-17-15-29(16-18-32)27-57-41(56)48-23-19-31(20-24-48)42(3,4)5/h15-18,28,30-31,33,37H,9-14,19-27H2,1-8H3,(H,46,53)(H,47,51)(H3,44,45,55)/t30-,33?,37+/m1/s1. The number of nitrogens with two attached hydrogens (primary N) is 1. The maximum absolute atomic E-state index is 13.7. The molecule has 2 fully saturated rings. The Morgan fingerprint density at radius 2 is 1.54 bits per heavy atom. The maximum atomic E-state index is 13.7. The molecule has 1 aromatic carbocycles. The van der Waals surface area contributed by atoms with Gasteiger partial charge in [0.15, 0.2) is 5.78 Å². The molecule has 14 heteroatoms.